The lowest BCUT2D eigenvalue weighted by molar-refractivity contribution is -0.132. The maximum atomic E-state index is 13.7. The Balaban J connectivity index is 1.87. The number of halogens is 1. The van der Waals surface area contributed by atoms with Crippen molar-refractivity contribution in [3.05, 3.63) is 81.8 Å². The Labute approximate surface area is 215 Å². The fraction of sp³-hybridized carbons (Fsp3) is 0.321. The number of nitrogens with zero attached hydrogens (tertiary/aromatic N) is 1. The van der Waals surface area contributed by atoms with Gasteiger partial charge in [0.25, 0.3) is 0 Å². The summed E-state index contributed by atoms with van der Waals surface area (Å²) in [6.45, 7) is 2.61. The highest BCUT2D eigenvalue weighted by atomic mass is 79.9. The van der Waals surface area contributed by atoms with E-state index < -0.39 is 0 Å². The Morgan fingerprint density at radius 2 is 1.43 bits per heavy atom. The lowest BCUT2D eigenvalue weighted by Crippen LogP contribution is -2.36. The summed E-state index contributed by atoms with van der Waals surface area (Å²) in [5.74, 6) is 2.58. The van der Waals surface area contributed by atoms with Gasteiger partial charge in [-0.15, -0.1) is 0 Å². The smallest absolute Gasteiger partial charge is 0.227 e. The molecule has 0 spiro atoms. The van der Waals surface area contributed by atoms with Crippen molar-refractivity contribution < 1.29 is 23.7 Å². The Hall–Kier alpha value is -3.19. The normalized spacial score (nSPS) is 11.5. The first-order chi connectivity index (χ1) is 16.9. The van der Waals surface area contributed by atoms with Gasteiger partial charge in [0.05, 0.1) is 40.9 Å². The topological polar surface area (TPSA) is 57.2 Å². The number of hydrogen-bond acceptors (Lipinski definition) is 5. The molecule has 1 amide bonds. The van der Waals surface area contributed by atoms with Gasteiger partial charge < -0.3 is 23.8 Å². The van der Waals surface area contributed by atoms with Crippen LogP contribution in [0.4, 0.5) is 0 Å². The first kappa shape index (κ1) is 26.4. The van der Waals surface area contributed by atoms with Crippen LogP contribution in [-0.2, 0) is 17.6 Å². The van der Waals surface area contributed by atoms with E-state index >= 15 is 0 Å². The predicted molar refractivity (Wildman–Crippen MR) is 141 cm³/mol. The molecule has 6 nitrogen and oxygen atoms in total. The monoisotopic (exact) mass is 541 g/mol. The number of benzene rings is 3. The number of ether oxygens (including phenoxy) is 4. The van der Waals surface area contributed by atoms with Gasteiger partial charge in [0.15, 0.2) is 23.0 Å². The summed E-state index contributed by atoms with van der Waals surface area (Å²) in [6.07, 6.45) is 0.903. The minimum absolute atomic E-state index is 0.0229. The highest BCUT2D eigenvalue weighted by Crippen LogP contribution is 2.34. The van der Waals surface area contributed by atoms with E-state index in [9.17, 15) is 4.79 Å². The van der Waals surface area contributed by atoms with Crippen molar-refractivity contribution in [1.82, 2.24) is 4.90 Å². The summed E-state index contributed by atoms with van der Waals surface area (Å²) in [4.78, 5) is 15.6. The molecule has 0 N–H and O–H groups in total. The maximum absolute atomic E-state index is 13.7. The van der Waals surface area contributed by atoms with Crippen LogP contribution in [0, 0.1) is 0 Å². The van der Waals surface area contributed by atoms with Gasteiger partial charge >= 0.3 is 0 Å². The molecule has 0 radical (unpaired) electrons. The molecular formula is C28H32BrNO5. The molecule has 0 saturated carbocycles. The van der Waals surface area contributed by atoms with Crippen LogP contribution in [0.5, 0.6) is 23.0 Å². The van der Waals surface area contributed by atoms with Gasteiger partial charge in [-0.25, -0.2) is 0 Å². The molecule has 0 aliphatic heterocycles. The number of carbonyl (C=O) groups is 1. The quantitative estimate of drug-likeness (QED) is 0.304. The average molecular weight is 542 g/mol. The second kappa shape index (κ2) is 12.5. The van der Waals surface area contributed by atoms with Crippen LogP contribution in [0.15, 0.2) is 65.1 Å². The zero-order valence-electron chi connectivity index (χ0n) is 20.8. The summed E-state index contributed by atoms with van der Waals surface area (Å²) in [5, 5.41) is 0. The van der Waals surface area contributed by atoms with Gasteiger partial charge in [0.2, 0.25) is 5.91 Å². The zero-order chi connectivity index (χ0) is 25.4. The highest BCUT2D eigenvalue weighted by molar-refractivity contribution is 9.10. The molecule has 186 valence electrons. The summed E-state index contributed by atoms with van der Waals surface area (Å²) in [6, 6.07) is 19.5. The summed E-state index contributed by atoms with van der Waals surface area (Å²) < 4.78 is 22.4. The van der Waals surface area contributed by atoms with Crippen molar-refractivity contribution in [3.8, 4) is 23.0 Å². The van der Waals surface area contributed by atoms with Crippen LogP contribution in [0.1, 0.15) is 29.7 Å². The Bertz CT molecular complexity index is 1140. The first-order valence-electron chi connectivity index (χ1n) is 11.4. The summed E-state index contributed by atoms with van der Waals surface area (Å²) in [5.41, 5.74) is 2.98. The molecule has 0 fully saturated rings. The fourth-order valence-corrected chi connectivity index (χ4v) is 4.49. The predicted octanol–water partition coefficient (Wildman–Crippen LogP) is 5.86. The lowest BCUT2D eigenvalue weighted by Gasteiger charge is -2.30. The molecular weight excluding hydrogens is 510 g/mol. The number of carbonyl (C=O) groups excluding carboxylic acids is 1. The SMILES string of the molecule is COc1ccc(CCN(C(=O)Cc2cc(OC)c(OC)cc2Br)[C@@H](C)c2ccccc2)cc1OC. The second-order valence-electron chi connectivity index (χ2n) is 8.09. The van der Waals surface area contributed by atoms with Gasteiger partial charge in [-0.2, -0.15) is 0 Å². The number of methoxy groups -OCH3 is 4. The molecule has 0 unspecified atom stereocenters. The van der Waals surface area contributed by atoms with Gasteiger partial charge in [0, 0.05) is 11.0 Å². The Morgan fingerprint density at radius 1 is 0.829 bits per heavy atom. The maximum Gasteiger partial charge on any atom is 0.227 e. The highest BCUT2D eigenvalue weighted by Gasteiger charge is 2.23. The molecule has 3 aromatic rings. The minimum atomic E-state index is -0.0947. The van der Waals surface area contributed by atoms with Gasteiger partial charge in [0.1, 0.15) is 0 Å². The molecule has 7 heteroatoms. The molecule has 1 atom stereocenters. The molecule has 0 saturated heterocycles. The largest absolute Gasteiger partial charge is 0.493 e. The number of amides is 1. The van der Waals surface area contributed by atoms with E-state index in [4.69, 9.17) is 18.9 Å². The Morgan fingerprint density at radius 3 is 2.06 bits per heavy atom. The van der Waals surface area contributed by atoms with E-state index in [-0.39, 0.29) is 18.4 Å². The lowest BCUT2D eigenvalue weighted by atomic mass is 10.0. The van der Waals surface area contributed by atoms with Crippen molar-refractivity contribution in [3.63, 3.8) is 0 Å². The summed E-state index contributed by atoms with van der Waals surface area (Å²) in [7, 11) is 6.42. The number of rotatable bonds is 11. The standard InChI is InChI=1S/C28H32BrNO5/c1-19(21-9-7-6-8-10-21)30(14-13-20-11-12-24(32-2)25(15-20)33-3)28(31)17-22-16-26(34-4)27(35-5)18-23(22)29/h6-12,15-16,18-19H,13-14,17H2,1-5H3/t19-/m0/s1. The minimum Gasteiger partial charge on any atom is -0.493 e. The Kier molecular flexibility index (Phi) is 9.43. The van der Waals surface area contributed by atoms with E-state index in [1.54, 1.807) is 28.4 Å². The van der Waals surface area contributed by atoms with Crippen LogP contribution < -0.4 is 18.9 Å². The molecule has 0 aromatic heterocycles. The van der Waals surface area contributed by atoms with Crippen LogP contribution in [-0.4, -0.2) is 45.8 Å². The van der Waals surface area contributed by atoms with Crippen molar-refractivity contribution in [2.75, 3.05) is 35.0 Å². The van der Waals surface area contributed by atoms with Crippen molar-refractivity contribution in [2.45, 2.75) is 25.8 Å². The van der Waals surface area contributed by atoms with Crippen LogP contribution >= 0.6 is 15.9 Å². The first-order valence-corrected chi connectivity index (χ1v) is 12.2. The summed E-state index contributed by atoms with van der Waals surface area (Å²) >= 11 is 3.58. The van der Waals surface area contributed by atoms with E-state index in [2.05, 4.69) is 22.9 Å². The third-order valence-corrected chi connectivity index (χ3v) is 6.79. The molecule has 0 aliphatic carbocycles. The molecule has 0 aliphatic rings. The van der Waals surface area contributed by atoms with E-state index in [1.807, 2.05) is 65.6 Å². The van der Waals surface area contributed by atoms with Crippen LogP contribution in [0.3, 0.4) is 0 Å². The third-order valence-electron chi connectivity index (χ3n) is 6.05. The molecule has 0 bridgehead atoms. The van der Waals surface area contributed by atoms with Gasteiger partial charge in [-0.1, -0.05) is 52.3 Å². The molecule has 3 aromatic carbocycles. The van der Waals surface area contributed by atoms with E-state index in [0.717, 1.165) is 21.2 Å². The van der Waals surface area contributed by atoms with Gasteiger partial charge in [-0.05, 0) is 54.3 Å². The van der Waals surface area contributed by atoms with Crippen molar-refractivity contribution in [1.29, 1.82) is 0 Å². The fourth-order valence-electron chi connectivity index (χ4n) is 4.03. The second-order valence-corrected chi connectivity index (χ2v) is 8.94. The van der Waals surface area contributed by atoms with Gasteiger partial charge in [-0.3, -0.25) is 4.79 Å². The third kappa shape index (κ3) is 6.48. The van der Waals surface area contributed by atoms with Crippen molar-refractivity contribution in [2.24, 2.45) is 0 Å². The zero-order valence-corrected chi connectivity index (χ0v) is 22.4. The van der Waals surface area contributed by atoms with Crippen LogP contribution in [0.25, 0.3) is 0 Å². The molecule has 35 heavy (non-hydrogen) atoms. The van der Waals surface area contributed by atoms with E-state index in [1.165, 1.54) is 0 Å². The molecule has 0 heterocycles. The average Bonchev–Trinajstić information content (AvgIpc) is 2.89. The molecule has 3 rings (SSSR count). The van der Waals surface area contributed by atoms with Crippen LogP contribution in [0.2, 0.25) is 0 Å². The van der Waals surface area contributed by atoms with E-state index in [0.29, 0.717) is 36.0 Å². The van der Waals surface area contributed by atoms with Crippen molar-refractivity contribution >= 4 is 21.8 Å². The number of hydrogen-bond donors (Lipinski definition) is 0.